The highest BCUT2D eigenvalue weighted by Crippen LogP contribution is 2.05. The number of carbonyl (C=O) groups is 2. The van der Waals surface area contributed by atoms with Crippen LogP contribution in [0.25, 0.3) is 0 Å². The average molecular weight is 262 g/mol. The normalized spacial score (nSPS) is 14.1. The van der Waals surface area contributed by atoms with E-state index in [4.69, 9.17) is 10.8 Å². The molecule has 0 heterocycles. The second-order valence-corrected chi connectivity index (χ2v) is 5.10. The van der Waals surface area contributed by atoms with Gasteiger partial charge in [-0.05, 0) is 37.3 Å². The van der Waals surface area contributed by atoms with E-state index < -0.39 is 12.0 Å². The minimum absolute atomic E-state index is 0.209. The summed E-state index contributed by atoms with van der Waals surface area (Å²) < 4.78 is 0. The minimum Gasteiger partial charge on any atom is -0.480 e. The predicted octanol–water partition coefficient (Wildman–Crippen LogP) is 0.684. The molecule has 5 nitrogen and oxygen atoms in total. The number of carboxylic acids is 1. The van der Waals surface area contributed by atoms with Crippen molar-refractivity contribution in [3.8, 4) is 0 Å². The lowest BCUT2D eigenvalue weighted by molar-refractivity contribution is -0.141. The van der Waals surface area contributed by atoms with Crippen LogP contribution in [0.1, 0.15) is 26.2 Å². The third-order valence-electron chi connectivity index (χ3n) is 2.51. The molecular formula is C11H22N2O3S. The van der Waals surface area contributed by atoms with Gasteiger partial charge in [0.25, 0.3) is 0 Å². The first kappa shape index (κ1) is 16.2. The molecule has 0 aromatic rings. The van der Waals surface area contributed by atoms with E-state index in [1.165, 1.54) is 0 Å². The topological polar surface area (TPSA) is 92.4 Å². The van der Waals surface area contributed by atoms with Gasteiger partial charge in [-0.15, -0.1) is 0 Å². The lowest BCUT2D eigenvalue weighted by Gasteiger charge is -2.14. The molecule has 6 heteroatoms. The smallest absolute Gasteiger partial charge is 0.326 e. The summed E-state index contributed by atoms with van der Waals surface area (Å²) in [6.07, 6.45) is 3.39. The Morgan fingerprint density at radius 3 is 2.53 bits per heavy atom. The molecular weight excluding hydrogens is 240 g/mol. The summed E-state index contributed by atoms with van der Waals surface area (Å²) in [5.41, 5.74) is 5.44. The number of rotatable bonds is 9. The number of aliphatic carboxylic acids is 1. The van der Waals surface area contributed by atoms with Gasteiger partial charge in [-0.2, -0.15) is 11.8 Å². The van der Waals surface area contributed by atoms with Crippen molar-refractivity contribution in [1.82, 2.24) is 5.32 Å². The number of hydrogen-bond acceptors (Lipinski definition) is 4. The fraction of sp³-hybridized carbons (Fsp3) is 0.818. The lowest BCUT2D eigenvalue weighted by atomic mass is 10.1. The molecule has 0 rings (SSSR count). The van der Waals surface area contributed by atoms with E-state index in [0.717, 1.165) is 5.75 Å². The summed E-state index contributed by atoms with van der Waals surface area (Å²) >= 11 is 1.57. The van der Waals surface area contributed by atoms with Crippen molar-refractivity contribution in [2.75, 3.05) is 18.6 Å². The van der Waals surface area contributed by atoms with E-state index in [0.29, 0.717) is 25.8 Å². The van der Waals surface area contributed by atoms with E-state index in [1.54, 1.807) is 11.8 Å². The Labute approximate surface area is 107 Å². The highest BCUT2D eigenvalue weighted by molar-refractivity contribution is 7.98. The number of hydrogen-bond donors (Lipinski definition) is 3. The van der Waals surface area contributed by atoms with Crippen LogP contribution in [0.5, 0.6) is 0 Å². The summed E-state index contributed by atoms with van der Waals surface area (Å²) in [5, 5.41) is 11.5. The molecule has 0 fully saturated rings. The first-order chi connectivity index (χ1) is 8.01. The summed E-state index contributed by atoms with van der Waals surface area (Å²) in [6.45, 7) is 2.51. The molecule has 0 bridgehead atoms. The van der Waals surface area contributed by atoms with Crippen molar-refractivity contribution in [2.24, 2.45) is 11.7 Å². The van der Waals surface area contributed by atoms with E-state index in [-0.39, 0.29) is 11.8 Å². The van der Waals surface area contributed by atoms with Gasteiger partial charge in [0.05, 0.1) is 0 Å². The first-order valence-electron chi connectivity index (χ1n) is 5.72. The maximum absolute atomic E-state index is 11.5. The van der Waals surface area contributed by atoms with Crippen molar-refractivity contribution in [3.05, 3.63) is 0 Å². The molecule has 0 aromatic heterocycles. The first-order valence-corrected chi connectivity index (χ1v) is 7.11. The van der Waals surface area contributed by atoms with E-state index >= 15 is 0 Å². The predicted molar refractivity (Wildman–Crippen MR) is 70.0 cm³/mol. The van der Waals surface area contributed by atoms with Crippen LogP contribution >= 0.6 is 11.8 Å². The van der Waals surface area contributed by atoms with Crippen LogP contribution in [-0.2, 0) is 9.59 Å². The highest BCUT2D eigenvalue weighted by atomic mass is 32.2. The van der Waals surface area contributed by atoms with Gasteiger partial charge in [-0.25, -0.2) is 4.79 Å². The van der Waals surface area contributed by atoms with Crippen LogP contribution in [0, 0.1) is 5.92 Å². The van der Waals surface area contributed by atoms with Crippen LogP contribution in [0.2, 0.25) is 0 Å². The molecule has 0 aliphatic carbocycles. The number of nitrogens with one attached hydrogen (secondary N) is 1. The van der Waals surface area contributed by atoms with Crippen molar-refractivity contribution in [2.45, 2.75) is 32.2 Å². The number of carboxylic acid groups (broad SMARTS) is 1. The summed E-state index contributed by atoms with van der Waals surface area (Å²) in [5.74, 6) is -0.176. The largest absolute Gasteiger partial charge is 0.480 e. The Morgan fingerprint density at radius 1 is 1.41 bits per heavy atom. The average Bonchev–Trinajstić information content (AvgIpc) is 2.30. The maximum atomic E-state index is 11.5. The molecule has 0 saturated heterocycles. The zero-order valence-electron chi connectivity index (χ0n) is 10.4. The Kier molecular flexibility index (Phi) is 8.89. The van der Waals surface area contributed by atoms with Crippen molar-refractivity contribution < 1.29 is 14.7 Å². The van der Waals surface area contributed by atoms with Crippen LogP contribution in [0.3, 0.4) is 0 Å². The van der Waals surface area contributed by atoms with Crippen molar-refractivity contribution >= 4 is 23.6 Å². The van der Waals surface area contributed by atoms with E-state index in [1.807, 2.05) is 13.2 Å². The van der Waals surface area contributed by atoms with Crippen LogP contribution in [-0.4, -0.2) is 41.6 Å². The third kappa shape index (κ3) is 8.04. The number of nitrogens with two attached hydrogens (primary N) is 1. The molecule has 17 heavy (non-hydrogen) atoms. The Hall–Kier alpha value is -0.750. The van der Waals surface area contributed by atoms with Gasteiger partial charge in [-0.3, -0.25) is 4.79 Å². The molecule has 1 amide bonds. The van der Waals surface area contributed by atoms with Gasteiger partial charge in [0.15, 0.2) is 0 Å². The monoisotopic (exact) mass is 262 g/mol. The fourth-order valence-electron chi connectivity index (χ4n) is 1.25. The number of carbonyl (C=O) groups excluding carboxylic acids is 1. The van der Waals surface area contributed by atoms with Gasteiger partial charge in [0.2, 0.25) is 5.91 Å². The fourth-order valence-corrected chi connectivity index (χ4v) is 1.73. The molecule has 0 aromatic carbocycles. The maximum Gasteiger partial charge on any atom is 0.326 e. The molecule has 100 valence electrons. The lowest BCUT2D eigenvalue weighted by Crippen LogP contribution is -2.41. The molecule has 2 atom stereocenters. The Balaban J connectivity index is 3.99. The van der Waals surface area contributed by atoms with Crippen LogP contribution < -0.4 is 11.1 Å². The second-order valence-electron chi connectivity index (χ2n) is 4.12. The van der Waals surface area contributed by atoms with Gasteiger partial charge in [0.1, 0.15) is 6.04 Å². The number of thioether (sulfide) groups is 1. The van der Waals surface area contributed by atoms with Gasteiger partial charge >= 0.3 is 5.97 Å². The quantitative estimate of drug-likeness (QED) is 0.568. The van der Waals surface area contributed by atoms with E-state index in [2.05, 4.69) is 5.32 Å². The molecule has 1 unspecified atom stereocenters. The van der Waals surface area contributed by atoms with Gasteiger partial charge in [0, 0.05) is 6.42 Å². The molecule has 4 N–H and O–H groups in total. The van der Waals surface area contributed by atoms with Gasteiger partial charge < -0.3 is 16.2 Å². The Bertz CT molecular complexity index is 249. The van der Waals surface area contributed by atoms with Crippen LogP contribution in [0.4, 0.5) is 0 Å². The zero-order valence-corrected chi connectivity index (χ0v) is 11.3. The standard InChI is InChI=1S/C11H22N2O3S/c1-8(7-12)3-4-10(14)13-9(11(15)16)5-6-17-2/h8-9H,3-7,12H2,1-2H3,(H,13,14)(H,15,16)/t8?,9-/m1/s1. The molecule has 0 aliphatic heterocycles. The molecule has 0 aliphatic rings. The Morgan fingerprint density at radius 2 is 2.06 bits per heavy atom. The summed E-state index contributed by atoms with van der Waals surface area (Å²) in [4.78, 5) is 22.4. The van der Waals surface area contributed by atoms with Crippen molar-refractivity contribution in [3.63, 3.8) is 0 Å². The van der Waals surface area contributed by atoms with Crippen LogP contribution in [0.15, 0.2) is 0 Å². The number of amides is 1. The molecule has 0 radical (unpaired) electrons. The molecule has 0 saturated carbocycles. The summed E-state index contributed by atoms with van der Waals surface area (Å²) in [7, 11) is 0. The zero-order chi connectivity index (χ0) is 13.3. The van der Waals surface area contributed by atoms with E-state index in [9.17, 15) is 9.59 Å². The molecule has 0 spiro atoms. The highest BCUT2D eigenvalue weighted by Gasteiger charge is 2.19. The summed E-state index contributed by atoms with van der Waals surface area (Å²) in [6, 6.07) is -0.775. The SMILES string of the molecule is CSCC[C@@H](NC(=O)CCC(C)CN)C(=O)O. The third-order valence-corrected chi connectivity index (χ3v) is 3.15. The minimum atomic E-state index is -0.973. The second kappa shape index (κ2) is 9.30. The van der Waals surface area contributed by atoms with Gasteiger partial charge in [-0.1, -0.05) is 6.92 Å². The van der Waals surface area contributed by atoms with Crippen molar-refractivity contribution in [1.29, 1.82) is 0 Å².